The molecule has 1 aromatic rings. The average molecular weight is 235 g/mol. The third-order valence-corrected chi connectivity index (χ3v) is 2.82. The first-order valence-corrected chi connectivity index (χ1v) is 5.84. The first-order valence-electron chi connectivity index (χ1n) is 4.92. The number of rotatable bonds is 4. The lowest BCUT2D eigenvalue weighted by Crippen LogP contribution is -2.00. The van der Waals surface area contributed by atoms with Crippen LogP contribution in [0.3, 0.4) is 0 Å². The third kappa shape index (κ3) is 2.23. The Bertz CT molecular complexity index is 305. The van der Waals surface area contributed by atoms with Gasteiger partial charge in [-0.2, -0.15) is 5.10 Å². The van der Waals surface area contributed by atoms with E-state index in [4.69, 9.17) is 23.2 Å². The highest BCUT2D eigenvalue weighted by molar-refractivity contribution is 6.31. The molecule has 0 saturated carbocycles. The number of alkyl halides is 1. The highest BCUT2D eigenvalue weighted by atomic mass is 35.5. The van der Waals surface area contributed by atoms with E-state index in [1.54, 1.807) is 0 Å². The number of aryl methyl sites for hydroxylation is 1. The smallest absolute Gasteiger partial charge is 0.131 e. The summed E-state index contributed by atoms with van der Waals surface area (Å²) in [6, 6.07) is 0. The Balaban J connectivity index is 3.11. The zero-order valence-corrected chi connectivity index (χ0v) is 10.4. The lowest BCUT2D eigenvalue weighted by Gasteiger charge is -2.01. The fourth-order valence-electron chi connectivity index (χ4n) is 1.44. The van der Waals surface area contributed by atoms with Crippen molar-refractivity contribution in [2.24, 2.45) is 0 Å². The Kier molecular flexibility index (Phi) is 4.27. The largest absolute Gasteiger partial charge is 0.253 e. The summed E-state index contributed by atoms with van der Waals surface area (Å²) in [5.41, 5.74) is 2.01. The molecule has 0 aliphatic rings. The topological polar surface area (TPSA) is 17.8 Å². The van der Waals surface area contributed by atoms with E-state index in [1.807, 2.05) is 4.68 Å². The molecule has 1 heterocycles. The lowest BCUT2D eigenvalue weighted by molar-refractivity contribution is 0.588. The number of nitrogens with zero attached hydrogens (tertiary/aromatic N) is 2. The van der Waals surface area contributed by atoms with Crippen LogP contribution in [-0.2, 0) is 12.4 Å². The van der Waals surface area contributed by atoms with Gasteiger partial charge in [0, 0.05) is 12.1 Å². The molecule has 1 rings (SSSR count). The van der Waals surface area contributed by atoms with Crippen LogP contribution >= 0.6 is 23.2 Å². The van der Waals surface area contributed by atoms with E-state index in [-0.39, 0.29) is 0 Å². The van der Waals surface area contributed by atoms with Crippen molar-refractivity contribution in [1.82, 2.24) is 9.78 Å². The fraction of sp³-hybridized carbons (Fsp3) is 0.700. The Labute approximate surface area is 95.2 Å². The molecule has 0 amide bonds. The second-order valence-corrected chi connectivity index (χ2v) is 4.29. The first-order chi connectivity index (χ1) is 6.61. The monoisotopic (exact) mass is 234 g/mol. The van der Waals surface area contributed by atoms with Crippen LogP contribution in [0.2, 0.25) is 5.15 Å². The molecule has 80 valence electrons. The molecule has 0 aliphatic heterocycles. The molecule has 0 fully saturated rings. The number of hydrogen-bond acceptors (Lipinski definition) is 1. The Morgan fingerprint density at radius 3 is 2.43 bits per heavy atom. The van der Waals surface area contributed by atoms with Crippen LogP contribution in [0.15, 0.2) is 0 Å². The fourth-order valence-corrected chi connectivity index (χ4v) is 2.06. The normalized spacial score (nSPS) is 11.3. The van der Waals surface area contributed by atoms with Crippen LogP contribution in [0.1, 0.15) is 44.4 Å². The van der Waals surface area contributed by atoms with Crippen molar-refractivity contribution < 1.29 is 0 Å². The molecule has 14 heavy (non-hydrogen) atoms. The molecule has 0 bridgehead atoms. The van der Waals surface area contributed by atoms with Gasteiger partial charge in [-0.05, 0) is 12.3 Å². The number of halogens is 2. The minimum absolute atomic E-state index is 0.374. The number of hydrogen-bond donors (Lipinski definition) is 0. The van der Waals surface area contributed by atoms with Crippen molar-refractivity contribution in [1.29, 1.82) is 0 Å². The summed E-state index contributed by atoms with van der Waals surface area (Å²) in [5, 5.41) is 5.17. The maximum atomic E-state index is 6.17. The van der Waals surface area contributed by atoms with Gasteiger partial charge in [0.15, 0.2) is 0 Å². The SMILES string of the molecule is CCCn1nc(C(C)C)c(CCl)c1Cl. The molecule has 2 nitrogen and oxygen atoms in total. The van der Waals surface area contributed by atoms with Crippen molar-refractivity contribution in [3.8, 4) is 0 Å². The van der Waals surface area contributed by atoms with Crippen molar-refractivity contribution in [2.45, 2.75) is 45.5 Å². The molecule has 0 radical (unpaired) electrons. The predicted molar refractivity (Wildman–Crippen MR) is 61.2 cm³/mol. The van der Waals surface area contributed by atoms with E-state index in [9.17, 15) is 0 Å². The molecule has 0 saturated heterocycles. The van der Waals surface area contributed by atoms with Crippen molar-refractivity contribution in [2.75, 3.05) is 0 Å². The highest BCUT2D eigenvalue weighted by Gasteiger charge is 2.16. The minimum atomic E-state index is 0.374. The van der Waals surface area contributed by atoms with E-state index in [0.29, 0.717) is 17.0 Å². The molecule has 0 aromatic carbocycles. The first kappa shape index (κ1) is 11.9. The molecule has 4 heteroatoms. The van der Waals surface area contributed by atoms with Gasteiger partial charge in [-0.25, -0.2) is 0 Å². The zero-order valence-electron chi connectivity index (χ0n) is 8.85. The van der Waals surface area contributed by atoms with Crippen LogP contribution in [0.5, 0.6) is 0 Å². The molecule has 0 aliphatic carbocycles. The molecule has 0 atom stereocenters. The van der Waals surface area contributed by atoms with E-state index in [0.717, 1.165) is 24.2 Å². The van der Waals surface area contributed by atoms with Crippen LogP contribution in [-0.4, -0.2) is 9.78 Å². The van der Waals surface area contributed by atoms with Gasteiger partial charge in [-0.1, -0.05) is 32.4 Å². The van der Waals surface area contributed by atoms with Gasteiger partial charge >= 0.3 is 0 Å². The summed E-state index contributed by atoms with van der Waals surface area (Å²) in [6.45, 7) is 7.17. The zero-order chi connectivity index (χ0) is 10.7. The third-order valence-electron chi connectivity index (χ3n) is 2.13. The summed E-state index contributed by atoms with van der Waals surface area (Å²) in [4.78, 5) is 0. The van der Waals surface area contributed by atoms with Gasteiger partial charge in [-0.3, -0.25) is 4.68 Å². The second-order valence-electron chi connectivity index (χ2n) is 3.67. The summed E-state index contributed by atoms with van der Waals surface area (Å²) in [5.74, 6) is 0.815. The molecule has 0 spiro atoms. The maximum absolute atomic E-state index is 6.17. The quantitative estimate of drug-likeness (QED) is 0.725. The van der Waals surface area contributed by atoms with Gasteiger partial charge < -0.3 is 0 Å². The van der Waals surface area contributed by atoms with Crippen molar-refractivity contribution in [3.63, 3.8) is 0 Å². The van der Waals surface area contributed by atoms with Crippen LogP contribution in [0.25, 0.3) is 0 Å². The van der Waals surface area contributed by atoms with Gasteiger partial charge in [0.2, 0.25) is 0 Å². The molecule has 0 N–H and O–H groups in total. The lowest BCUT2D eigenvalue weighted by atomic mass is 10.1. The van der Waals surface area contributed by atoms with Gasteiger partial charge in [-0.15, -0.1) is 11.6 Å². The molecule has 1 aromatic heterocycles. The Morgan fingerprint density at radius 2 is 2.07 bits per heavy atom. The standard InChI is InChI=1S/C10H16Cl2N2/c1-4-5-14-10(12)8(6-11)9(13-14)7(2)3/h7H,4-6H2,1-3H3. The van der Waals surface area contributed by atoms with Crippen molar-refractivity contribution in [3.05, 3.63) is 16.4 Å². The van der Waals surface area contributed by atoms with E-state index in [1.165, 1.54) is 0 Å². The van der Waals surface area contributed by atoms with Gasteiger partial charge in [0.05, 0.1) is 11.6 Å². The van der Waals surface area contributed by atoms with Crippen LogP contribution in [0.4, 0.5) is 0 Å². The summed E-state index contributed by atoms with van der Waals surface area (Å²) < 4.78 is 1.84. The average Bonchev–Trinajstić information content (AvgIpc) is 2.44. The molecule has 0 unspecified atom stereocenters. The number of aromatic nitrogens is 2. The summed E-state index contributed by atoms with van der Waals surface area (Å²) >= 11 is 12.0. The highest BCUT2D eigenvalue weighted by Crippen LogP contribution is 2.27. The predicted octanol–water partition coefficient (Wildman–Crippen LogP) is 3.81. The molecular formula is C10H16Cl2N2. The molecular weight excluding hydrogens is 219 g/mol. The maximum Gasteiger partial charge on any atom is 0.131 e. The Hall–Kier alpha value is -0.210. The summed E-state index contributed by atoms with van der Waals surface area (Å²) in [6.07, 6.45) is 1.03. The van der Waals surface area contributed by atoms with Crippen LogP contribution < -0.4 is 0 Å². The van der Waals surface area contributed by atoms with Crippen LogP contribution in [0, 0.1) is 0 Å². The van der Waals surface area contributed by atoms with E-state index < -0.39 is 0 Å². The minimum Gasteiger partial charge on any atom is -0.253 e. The van der Waals surface area contributed by atoms with Gasteiger partial charge in [0.25, 0.3) is 0 Å². The van der Waals surface area contributed by atoms with E-state index >= 15 is 0 Å². The second kappa shape index (κ2) is 5.04. The van der Waals surface area contributed by atoms with Gasteiger partial charge in [0.1, 0.15) is 5.15 Å². The Morgan fingerprint density at radius 1 is 1.43 bits per heavy atom. The summed E-state index contributed by atoms with van der Waals surface area (Å²) in [7, 11) is 0. The van der Waals surface area contributed by atoms with Crippen molar-refractivity contribution >= 4 is 23.2 Å². The van der Waals surface area contributed by atoms with E-state index in [2.05, 4.69) is 25.9 Å².